The number of halogens is 2. The molecule has 0 heterocycles. The summed E-state index contributed by atoms with van der Waals surface area (Å²) in [5.74, 6) is -0.928. The molecule has 0 saturated heterocycles. The predicted molar refractivity (Wildman–Crippen MR) is 87.2 cm³/mol. The SMILES string of the molecule is O=C(COC(=O)c1ccccc1)Nc1ccc(Br)cc1Br. The minimum absolute atomic E-state index is 0.337. The molecule has 0 radical (unpaired) electrons. The third-order valence-corrected chi connectivity index (χ3v) is 3.70. The fourth-order valence-electron chi connectivity index (χ4n) is 1.57. The van der Waals surface area contributed by atoms with Crippen LogP contribution in [0.4, 0.5) is 5.69 Å². The number of rotatable bonds is 4. The van der Waals surface area contributed by atoms with Crippen LogP contribution in [0.1, 0.15) is 10.4 Å². The Morgan fingerprint density at radius 3 is 2.43 bits per heavy atom. The number of hydrogen-bond donors (Lipinski definition) is 1. The van der Waals surface area contributed by atoms with Gasteiger partial charge in [-0.15, -0.1) is 0 Å². The van der Waals surface area contributed by atoms with Gasteiger partial charge in [-0.3, -0.25) is 4.79 Å². The first-order valence-corrected chi connectivity index (χ1v) is 7.62. The van der Waals surface area contributed by atoms with E-state index in [0.29, 0.717) is 11.3 Å². The number of hydrogen-bond acceptors (Lipinski definition) is 3. The fourth-order valence-corrected chi connectivity index (χ4v) is 2.71. The lowest BCUT2D eigenvalue weighted by Crippen LogP contribution is -2.21. The minimum Gasteiger partial charge on any atom is -0.452 e. The number of nitrogens with one attached hydrogen (secondary N) is 1. The lowest BCUT2D eigenvalue weighted by atomic mass is 10.2. The molecule has 6 heteroatoms. The zero-order valence-corrected chi connectivity index (χ0v) is 14.0. The van der Waals surface area contributed by atoms with E-state index in [4.69, 9.17) is 4.74 Å². The maximum absolute atomic E-state index is 11.8. The molecule has 1 N–H and O–H groups in total. The molecule has 21 heavy (non-hydrogen) atoms. The van der Waals surface area contributed by atoms with Crippen LogP contribution in [0.15, 0.2) is 57.5 Å². The molecule has 0 aliphatic carbocycles. The first-order valence-electron chi connectivity index (χ1n) is 6.03. The van der Waals surface area contributed by atoms with E-state index in [1.807, 2.05) is 6.07 Å². The Morgan fingerprint density at radius 2 is 1.76 bits per heavy atom. The summed E-state index contributed by atoms with van der Waals surface area (Å²) in [6.45, 7) is -0.337. The van der Waals surface area contributed by atoms with Gasteiger partial charge in [-0.25, -0.2) is 4.79 Å². The van der Waals surface area contributed by atoms with Crippen LogP contribution < -0.4 is 5.32 Å². The van der Waals surface area contributed by atoms with Gasteiger partial charge in [0, 0.05) is 8.95 Å². The second-order valence-electron chi connectivity index (χ2n) is 4.11. The molecule has 0 aliphatic rings. The summed E-state index contributed by atoms with van der Waals surface area (Å²) in [6.07, 6.45) is 0. The van der Waals surface area contributed by atoms with Gasteiger partial charge in [0.25, 0.3) is 5.91 Å². The van der Waals surface area contributed by atoms with E-state index < -0.39 is 11.9 Å². The van der Waals surface area contributed by atoms with Gasteiger partial charge in [0.05, 0.1) is 11.3 Å². The van der Waals surface area contributed by atoms with Crippen molar-refractivity contribution < 1.29 is 14.3 Å². The standard InChI is InChI=1S/C15H11Br2NO3/c16-11-6-7-13(12(17)8-11)18-14(19)9-21-15(20)10-4-2-1-3-5-10/h1-8H,9H2,(H,18,19). The summed E-state index contributed by atoms with van der Waals surface area (Å²) >= 11 is 6.67. The van der Waals surface area contributed by atoms with Crippen molar-refractivity contribution in [1.29, 1.82) is 0 Å². The van der Waals surface area contributed by atoms with Gasteiger partial charge >= 0.3 is 5.97 Å². The number of carbonyl (C=O) groups is 2. The largest absolute Gasteiger partial charge is 0.452 e. The van der Waals surface area contributed by atoms with Gasteiger partial charge in [0.1, 0.15) is 0 Å². The van der Waals surface area contributed by atoms with Crippen molar-refractivity contribution in [3.05, 3.63) is 63.0 Å². The topological polar surface area (TPSA) is 55.4 Å². The average molecular weight is 413 g/mol. The first kappa shape index (κ1) is 15.7. The monoisotopic (exact) mass is 411 g/mol. The summed E-state index contributed by atoms with van der Waals surface area (Å²) in [7, 11) is 0. The highest BCUT2D eigenvalue weighted by Gasteiger charge is 2.11. The molecule has 2 aromatic carbocycles. The maximum Gasteiger partial charge on any atom is 0.338 e. The molecule has 4 nitrogen and oxygen atoms in total. The van der Waals surface area contributed by atoms with Crippen LogP contribution in [-0.2, 0) is 9.53 Å². The van der Waals surface area contributed by atoms with Crippen molar-refractivity contribution in [2.45, 2.75) is 0 Å². The predicted octanol–water partition coefficient (Wildman–Crippen LogP) is 4.01. The van der Waals surface area contributed by atoms with Gasteiger partial charge in [-0.2, -0.15) is 0 Å². The van der Waals surface area contributed by atoms with Crippen molar-refractivity contribution >= 4 is 49.4 Å². The molecular weight excluding hydrogens is 402 g/mol. The molecular formula is C15H11Br2NO3. The maximum atomic E-state index is 11.8. The Labute approximate surface area is 138 Å². The number of amides is 1. The van der Waals surface area contributed by atoms with Crippen molar-refractivity contribution in [1.82, 2.24) is 0 Å². The van der Waals surface area contributed by atoms with Crippen molar-refractivity contribution in [2.24, 2.45) is 0 Å². The smallest absolute Gasteiger partial charge is 0.338 e. The van der Waals surface area contributed by atoms with Gasteiger partial charge in [-0.1, -0.05) is 34.1 Å². The Hall–Kier alpha value is -1.66. The highest BCUT2D eigenvalue weighted by Crippen LogP contribution is 2.26. The van der Waals surface area contributed by atoms with Crippen molar-refractivity contribution in [2.75, 3.05) is 11.9 Å². The highest BCUT2D eigenvalue weighted by molar-refractivity contribution is 9.11. The molecule has 0 bridgehead atoms. The molecule has 2 aromatic rings. The molecule has 108 valence electrons. The Kier molecular flexibility index (Phi) is 5.52. The van der Waals surface area contributed by atoms with Crippen LogP contribution in [0.25, 0.3) is 0 Å². The Bertz CT molecular complexity index is 659. The van der Waals surface area contributed by atoms with Crippen molar-refractivity contribution in [3.8, 4) is 0 Å². The average Bonchev–Trinajstić information content (AvgIpc) is 2.48. The molecule has 0 atom stereocenters. The highest BCUT2D eigenvalue weighted by atomic mass is 79.9. The molecule has 0 aliphatic heterocycles. The summed E-state index contributed by atoms with van der Waals surface area (Å²) in [5, 5.41) is 2.66. The molecule has 0 spiro atoms. The first-order chi connectivity index (χ1) is 10.1. The summed E-state index contributed by atoms with van der Waals surface area (Å²) in [6, 6.07) is 13.9. The summed E-state index contributed by atoms with van der Waals surface area (Å²) < 4.78 is 6.58. The number of benzene rings is 2. The van der Waals surface area contributed by atoms with E-state index in [-0.39, 0.29) is 6.61 Å². The lowest BCUT2D eigenvalue weighted by Gasteiger charge is -2.08. The van der Waals surface area contributed by atoms with Crippen LogP contribution in [0, 0.1) is 0 Å². The molecule has 2 rings (SSSR count). The van der Waals surface area contributed by atoms with Crippen LogP contribution >= 0.6 is 31.9 Å². The number of ether oxygens (including phenoxy) is 1. The number of esters is 1. The third kappa shape index (κ3) is 4.68. The normalized spacial score (nSPS) is 10.0. The van der Waals surface area contributed by atoms with E-state index in [0.717, 1.165) is 8.95 Å². The molecule has 1 amide bonds. The van der Waals surface area contributed by atoms with Gasteiger partial charge < -0.3 is 10.1 Å². The van der Waals surface area contributed by atoms with E-state index >= 15 is 0 Å². The molecule has 0 aromatic heterocycles. The summed E-state index contributed by atoms with van der Waals surface area (Å²) in [5.41, 5.74) is 1.02. The minimum atomic E-state index is -0.527. The molecule has 0 saturated carbocycles. The zero-order valence-electron chi connectivity index (χ0n) is 10.8. The second kappa shape index (κ2) is 7.38. The van der Waals surface area contributed by atoms with E-state index in [1.54, 1.807) is 42.5 Å². The van der Waals surface area contributed by atoms with Crippen LogP contribution in [-0.4, -0.2) is 18.5 Å². The lowest BCUT2D eigenvalue weighted by molar-refractivity contribution is -0.119. The van der Waals surface area contributed by atoms with Gasteiger partial charge in [-0.05, 0) is 46.3 Å². The zero-order chi connectivity index (χ0) is 15.2. The van der Waals surface area contributed by atoms with Crippen LogP contribution in [0.2, 0.25) is 0 Å². The Morgan fingerprint density at radius 1 is 1.05 bits per heavy atom. The Balaban J connectivity index is 1.89. The third-order valence-electron chi connectivity index (χ3n) is 2.55. The van der Waals surface area contributed by atoms with Gasteiger partial charge in [0.2, 0.25) is 0 Å². The van der Waals surface area contributed by atoms with E-state index in [9.17, 15) is 9.59 Å². The molecule has 0 fully saturated rings. The quantitative estimate of drug-likeness (QED) is 0.772. The van der Waals surface area contributed by atoms with Crippen LogP contribution in [0.5, 0.6) is 0 Å². The van der Waals surface area contributed by atoms with Crippen LogP contribution in [0.3, 0.4) is 0 Å². The fraction of sp³-hybridized carbons (Fsp3) is 0.0667. The number of anilines is 1. The number of carbonyl (C=O) groups excluding carboxylic acids is 2. The van der Waals surface area contributed by atoms with E-state index in [1.165, 1.54) is 0 Å². The second-order valence-corrected chi connectivity index (χ2v) is 5.88. The van der Waals surface area contributed by atoms with E-state index in [2.05, 4.69) is 37.2 Å². The molecule has 0 unspecified atom stereocenters. The van der Waals surface area contributed by atoms with Crippen molar-refractivity contribution in [3.63, 3.8) is 0 Å². The van der Waals surface area contributed by atoms with Gasteiger partial charge in [0.15, 0.2) is 6.61 Å². The summed E-state index contributed by atoms with van der Waals surface area (Å²) in [4.78, 5) is 23.5.